The van der Waals surface area contributed by atoms with Crippen LogP contribution in [0.2, 0.25) is 10.0 Å². The summed E-state index contributed by atoms with van der Waals surface area (Å²) >= 11 is 13.3. The Hall–Kier alpha value is -0.910. The van der Waals surface area contributed by atoms with E-state index in [1.54, 1.807) is 28.8 Å². The fourth-order valence-corrected chi connectivity index (χ4v) is 3.50. The molecule has 0 saturated carbocycles. The summed E-state index contributed by atoms with van der Waals surface area (Å²) in [6.07, 6.45) is 0. The number of anilines is 1. The lowest BCUT2D eigenvalue weighted by Crippen LogP contribution is -2.32. The topological polar surface area (TPSA) is 40.6 Å². The molecule has 1 atom stereocenters. The SMILES string of the molecule is O=C1C2CSCN2C(=O)N1c1ccc(Cl)c(Cl)c1. The highest BCUT2D eigenvalue weighted by atomic mass is 35.5. The molecule has 0 spiro atoms. The number of carbonyl (C=O) groups is 2. The van der Waals surface area contributed by atoms with Crippen LogP contribution >= 0.6 is 35.0 Å². The van der Waals surface area contributed by atoms with Crippen molar-refractivity contribution < 1.29 is 9.59 Å². The Morgan fingerprint density at radius 3 is 2.67 bits per heavy atom. The molecule has 2 heterocycles. The van der Waals surface area contributed by atoms with Crippen LogP contribution in [-0.2, 0) is 4.79 Å². The average molecular weight is 303 g/mol. The Morgan fingerprint density at radius 2 is 2.00 bits per heavy atom. The lowest BCUT2D eigenvalue weighted by atomic mass is 10.2. The maximum atomic E-state index is 12.2. The van der Waals surface area contributed by atoms with E-state index in [1.165, 1.54) is 11.0 Å². The number of fused-ring (bicyclic) bond motifs is 1. The largest absolute Gasteiger partial charge is 0.332 e. The quantitative estimate of drug-likeness (QED) is 0.749. The number of halogens is 2. The fourth-order valence-electron chi connectivity index (χ4n) is 2.07. The predicted octanol–water partition coefficient (Wildman–Crippen LogP) is 2.83. The van der Waals surface area contributed by atoms with E-state index in [1.807, 2.05) is 0 Å². The van der Waals surface area contributed by atoms with Gasteiger partial charge in [-0.15, -0.1) is 11.8 Å². The summed E-state index contributed by atoms with van der Waals surface area (Å²) < 4.78 is 0. The minimum atomic E-state index is -0.336. The Bertz CT molecular complexity index is 530. The van der Waals surface area contributed by atoms with E-state index in [0.29, 0.717) is 27.4 Å². The second-order valence-electron chi connectivity index (χ2n) is 4.04. The molecule has 1 aromatic rings. The third kappa shape index (κ3) is 1.69. The van der Waals surface area contributed by atoms with E-state index in [0.717, 1.165) is 0 Å². The molecule has 2 saturated heterocycles. The maximum Gasteiger partial charge on any atom is 0.332 e. The van der Waals surface area contributed by atoms with Crippen LogP contribution in [0.3, 0.4) is 0 Å². The van der Waals surface area contributed by atoms with Crippen LogP contribution in [0.4, 0.5) is 10.5 Å². The van der Waals surface area contributed by atoms with Crippen molar-refractivity contribution in [2.75, 3.05) is 16.5 Å². The van der Waals surface area contributed by atoms with Gasteiger partial charge in [-0.3, -0.25) is 4.79 Å². The summed E-state index contributed by atoms with van der Waals surface area (Å²) in [4.78, 5) is 27.1. The summed E-state index contributed by atoms with van der Waals surface area (Å²) in [7, 11) is 0. The molecule has 0 bridgehead atoms. The summed E-state index contributed by atoms with van der Waals surface area (Å²) in [5.74, 6) is 1.03. The molecule has 3 amide bonds. The van der Waals surface area contributed by atoms with Gasteiger partial charge in [0.1, 0.15) is 6.04 Å². The zero-order valence-electron chi connectivity index (χ0n) is 9.10. The molecular weight excluding hydrogens is 295 g/mol. The summed E-state index contributed by atoms with van der Waals surface area (Å²) in [6.45, 7) is 0. The van der Waals surface area contributed by atoms with Crippen molar-refractivity contribution in [1.82, 2.24) is 4.90 Å². The van der Waals surface area contributed by atoms with E-state index in [4.69, 9.17) is 23.2 Å². The minimum Gasteiger partial charge on any atom is -0.302 e. The molecule has 0 aliphatic carbocycles. The van der Waals surface area contributed by atoms with Gasteiger partial charge >= 0.3 is 6.03 Å². The van der Waals surface area contributed by atoms with Crippen molar-refractivity contribution >= 4 is 52.6 Å². The van der Waals surface area contributed by atoms with Crippen LogP contribution < -0.4 is 4.90 Å². The molecular formula is C11H8Cl2N2O2S. The molecule has 1 aromatic carbocycles. The lowest BCUT2D eigenvalue weighted by Gasteiger charge is -2.15. The van der Waals surface area contributed by atoms with Gasteiger partial charge in [-0.1, -0.05) is 23.2 Å². The van der Waals surface area contributed by atoms with Crippen LogP contribution in [-0.4, -0.2) is 34.5 Å². The molecule has 94 valence electrons. The minimum absolute atomic E-state index is 0.191. The zero-order chi connectivity index (χ0) is 12.9. The highest BCUT2D eigenvalue weighted by Crippen LogP contribution is 2.34. The molecule has 0 radical (unpaired) electrons. The van der Waals surface area contributed by atoms with Gasteiger partial charge < -0.3 is 4.90 Å². The molecule has 2 aliphatic rings. The number of urea groups is 1. The zero-order valence-corrected chi connectivity index (χ0v) is 11.4. The molecule has 3 rings (SSSR count). The van der Waals surface area contributed by atoms with E-state index in [2.05, 4.69) is 0 Å². The number of hydrogen-bond acceptors (Lipinski definition) is 3. The third-order valence-corrected chi connectivity index (χ3v) is 4.74. The fraction of sp³-hybridized carbons (Fsp3) is 0.273. The highest BCUT2D eigenvalue weighted by Gasteiger charge is 2.48. The highest BCUT2D eigenvalue weighted by molar-refractivity contribution is 7.99. The number of hydrogen-bond donors (Lipinski definition) is 0. The average Bonchev–Trinajstić information content (AvgIpc) is 2.89. The number of nitrogens with zero attached hydrogens (tertiary/aromatic N) is 2. The van der Waals surface area contributed by atoms with Gasteiger partial charge in [-0.25, -0.2) is 9.69 Å². The number of benzene rings is 1. The molecule has 2 aliphatic heterocycles. The molecule has 0 N–H and O–H groups in total. The van der Waals surface area contributed by atoms with Crippen molar-refractivity contribution in [1.29, 1.82) is 0 Å². The van der Waals surface area contributed by atoms with Gasteiger partial charge in [-0.2, -0.15) is 0 Å². The van der Waals surface area contributed by atoms with Crippen LogP contribution in [0.15, 0.2) is 18.2 Å². The summed E-state index contributed by atoms with van der Waals surface area (Å²) in [5.41, 5.74) is 0.471. The van der Waals surface area contributed by atoms with Crippen molar-refractivity contribution in [3.8, 4) is 0 Å². The summed E-state index contributed by atoms with van der Waals surface area (Å²) in [6, 6.07) is 4.12. The van der Waals surface area contributed by atoms with Gasteiger partial charge in [0.05, 0.1) is 21.6 Å². The smallest absolute Gasteiger partial charge is 0.302 e. The van der Waals surface area contributed by atoms with Crippen LogP contribution in [0.1, 0.15) is 0 Å². The van der Waals surface area contributed by atoms with E-state index in [9.17, 15) is 9.59 Å². The molecule has 0 aromatic heterocycles. The number of thioether (sulfide) groups is 1. The van der Waals surface area contributed by atoms with Crippen molar-refractivity contribution in [2.24, 2.45) is 0 Å². The number of carbonyl (C=O) groups excluding carboxylic acids is 2. The number of amides is 3. The van der Waals surface area contributed by atoms with Gasteiger partial charge in [0, 0.05) is 5.75 Å². The molecule has 2 fully saturated rings. The second-order valence-corrected chi connectivity index (χ2v) is 5.85. The number of imide groups is 1. The van der Waals surface area contributed by atoms with Gasteiger partial charge in [0.15, 0.2) is 0 Å². The van der Waals surface area contributed by atoms with Crippen LogP contribution in [0.25, 0.3) is 0 Å². The first kappa shape index (κ1) is 12.1. The standard InChI is InChI=1S/C11H8Cl2N2O2S/c12-7-2-1-6(3-8(7)13)15-10(16)9-4-18-5-14(9)11(15)17/h1-3,9H,4-5H2. The Morgan fingerprint density at radius 1 is 1.22 bits per heavy atom. The van der Waals surface area contributed by atoms with E-state index >= 15 is 0 Å². The van der Waals surface area contributed by atoms with Gasteiger partial charge in [0.2, 0.25) is 0 Å². The van der Waals surface area contributed by atoms with E-state index < -0.39 is 0 Å². The van der Waals surface area contributed by atoms with Crippen molar-refractivity contribution in [2.45, 2.75) is 6.04 Å². The third-order valence-electron chi connectivity index (χ3n) is 2.99. The van der Waals surface area contributed by atoms with Crippen LogP contribution in [0, 0.1) is 0 Å². The Balaban J connectivity index is 1.99. The normalized spacial score (nSPS) is 22.9. The first-order valence-corrected chi connectivity index (χ1v) is 7.18. The number of rotatable bonds is 1. The first-order valence-electron chi connectivity index (χ1n) is 5.27. The van der Waals surface area contributed by atoms with Crippen molar-refractivity contribution in [3.63, 3.8) is 0 Å². The van der Waals surface area contributed by atoms with Gasteiger partial charge in [-0.05, 0) is 18.2 Å². The Kier molecular flexibility index (Phi) is 2.92. The summed E-state index contributed by atoms with van der Waals surface area (Å²) in [5, 5.41) is 0.728. The molecule has 18 heavy (non-hydrogen) atoms. The molecule has 7 heteroatoms. The maximum absolute atomic E-state index is 12.2. The van der Waals surface area contributed by atoms with Crippen LogP contribution in [0.5, 0.6) is 0 Å². The predicted molar refractivity (Wildman–Crippen MR) is 72.3 cm³/mol. The van der Waals surface area contributed by atoms with Gasteiger partial charge in [0.25, 0.3) is 5.91 Å². The lowest BCUT2D eigenvalue weighted by molar-refractivity contribution is -0.118. The van der Waals surface area contributed by atoms with Crippen molar-refractivity contribution in [3.05, 3.63) is 28.2 Å². The monoisotopic (exact) mass is 302 g/mol. The Labute approximate surface area is 118 Å². The first-order chi connectivity index (χ1) is 8.59. The second kappa shape index (κ2) is 4.33. The molecule has 4 nitrogen and oxygen atoms in total. The van der Waals surface area contributed by atoms with E-state index in [-0.39, 0.29) is 18.0 Å². The molecule has 1 unspecified atom stereocenters.